The van der Waals surface area contributed by atoms with E-state index in [9.17, 15) is 13.2 Å². The Labute approximate surface area is 151 Å². The highest BCUT2D eigenvalue weighted by Gasteiger charge is 2.30. The van der Waals surface area contributed by atoms with E-state index in [4.69, 9.17) is 11.6 Å². The minimum absolute atomic E-state index is 0.170. The minimum Gasteiger partial charge on any atom is -0.348 e. The number of rotatable bonds is 4. The van der Waals surface area contributed by atoms with Gasteiger partial charge in [0, 0.05) is 10.6 Å². The number of amidine groups is 1. The molecule has 6 nitrogen and oxygen atoms in total. The number of amides is 1. The van der Waals surface area contributed by atoms with Crippen LogP contribution < -0.4 is 10.0 Å². The largest absolute Gasteiger partial charge is 0.348 e. The molecule has 0 spiro atoms. The van der Waals surface area contributed by atoms with Crippen molar-refractivity contribution in [2.75, 3.05) is 6.54 Å². The van der Waals surface area contributed by atoms with E-state index in [2.05, 4.69) is 15.0 Å². The Morgan fingerprint density at radius 2 is 1.88 bits per heavy atom. The molecule has 0 aliphatic carbocycles. The molecule has 1 aliphatic heterocycles. The van der Waals surface area contributed by atoms with Gasteiger partial charge in [-0.25, -0.2) is 8.42 Å². The summed E-state index contributed by atoms with van der Waals surface area (Å²) in [5, 5.41) is 3.44. The van der Waals surface area contributed by atoms with Gasteiger partial charge in [0.15, 0.2) is 0 Å². The zero-order chi connectivity index (χ0) is 18.0. The highest BCUT2D eigenvalue weighted by Crippen LogP contribution is 2.22. The number of benzene rings is 2. The molecule has 1 atom stereocenters. The Bertz CT molecular complexity index is 940. The Hall–Kier alpha value is -2.38. The second kappa shape index (κ2) is 6.85. The van der Waals surface area contributed by atoms with Crippen molar-refractivity contribution in [3.63, 3.8) is 0 Å². The molecule has 1 heterocycles. The molecule has 3 rings (SSSR count). The van der Waals surface area contributed by atoms with E-state index in [0.717, 1.165) is 5.56 Å². The first-order valence-corrected chi connectivity index (χ1v) is 9.44. The molecule has 0 saturated heterocycles. The van der Waals surface area contributed by atoms with Gasteiger partial charge in [-0.15, -0.1) is 0 Å². The zero-order valence-electron chi connectivity index (χ0n) is 13.4. The summed E-state index contributed by atoms with van der Waals surface area (Å²) >= 11 is 5.85. The van der Waals surface area contributed by atoms with Crippen molar-refractivity contribution in [1.82, 2.24) is 10.0 Å². The molecular formula is C17H16ClN3O3S. The predicted octanol–water partition coefficient (Wildman–Crippen LogP) is 2.26. The zero-order valence-corrected chi connectivity index (χ0v) is 14.9. The third-order valence-electron chi connectivity index (χ3n) is 3.79. The first-order chi connectivity index (χ1) is 11.9. The molecule has 2 aromatic rings. The molecule has 0 aromatic heterocycles. The summed E-state index contributed by atoms with van der Waals surface area (Å²) in [6.07, 6.45) is 0. The first kappa shape index (κ1) is 17.4. The van der Waals surface area contributed by atoms with Crippen LogP contribution in [0, 0.1) is 0 Å². The molecule has 130 valence electrons. The van der Waals surface area contributed by atoms with E-state index >= 15 is 0 Å². The van der Waals surface area contributed by atoms with E-state index in [1.54, 1.807) is 30.3 Å². The maximum Gasteiger partial charge on any atom is 0.263 e. The lowest BCUT2D eigenvalue weighted by Gasteiger charge is -2.13. The van der Waals surface area contributed by atoms with Crippen LogP contribution in [0.1, 0.15) is 24.1 Å². The molecule has 1 amide bonds. The molecule has 1 unspecified atom stereocenters. The number of fused-ring (bicyclic) bond motifs is 1. The Kier molecular flexibility index (Phi) is 4.78. The van der Waals surface area contributed by atoms with Crippen molar-refractivity contribution in [2.24, 2.45) is 4.99 Å². The lowest BCUT2D eigenvalue weighted by Crippen LogP contribution is -2.30. The van der Waals surface area contributed by atoms with Gasteiger partial charge in [-0.3, -0.25) is 14.5 Å². The minimum atomic E-state index is -3.60. The fourth-order valence-electron chi connectivity index (χ4n) is 2.52. The van der Waals surface area contributed by atoms with Gasteiger partial charge in [-0.05, 0) is 36.8 Å². The fraction of sp³-hybridized carbons (Fsp3) is 0.176. The quantitative estimate of drug-likeness (QED) is 0.856. The number of aliphatic imine (C=N–C) groups is 1. The summed E-state index contributed by atoms with van der Waals surface area (Å²) in [7, 11) is -3.60. The third kappa shape index (κ3) is 3.83. The van der Waals surface area contributed by atoms with Crippen LogP contribution in [0.25, 0.3) is 0 Å². The van der Waals surface area contributed by atoms with Crippen LogP contribution in [-0.2, 0) is 14.8 Å². The fourth-order valence-corrected chi connectivity index (χ4v) is 3.90. The standard InChI is InChI=1S/C17H16ClN3O3S/c1-11(12-6-8-13(18)9-7-12)20-16(22)10-19-17-14-4-2-3-5-15(14)25(23,24)21-17/h2-9,11H,10H2,1H3,(H,19,21)(H,20,22). The Morgan fingerprint density at radius 1 is 1.20 bits per heavy atom. The van der Waals surface area contributed by atoms with Crippen LogP contribution in [0.3, 0.4) is 0 Å². The number of carbonyl (C=O) groups excluding carboxylic acids is 1. The monoisotopic (exact) mass is 377 g/mol. The van der Waals surface area contributed by atoms with Crippen LogP contribution in [0.15, 0.2) is 58.4 Å². The number of hydrogen-bond acceptors (Lipinski definition) is 4. The molecule has 0 radical (unpaired) electrons. The summed E-state index contributed by atoms with van der Waals surface area (Å²) in [5.74, 6) is -0.122. The van der Waals surface area contributed by atoms with Crippen LogP contribution in [0.5, 0.6) is 0 Å². The van der Waals surface area contributed by atoms with Gasteiger partial charge in [-0.1, -0.05) is 35.9 Å². The van der Waals surface area contributed by atoms with E-state index in [-0.39, 0.29) is 29.2 Å². The first-order valence-electron chi connectivity index (χ1n) is 7.58. The summed E-state index contributed by atoms with van der Waals surface area (Å²) in [5.41, 5.74) is 1.39. The number of sulfonamides is 1. The average Bonchev–Trinajstić information content (AvgIpc) is 2.85. The van der Waals surface area contributed by atoms with Crippen molar-refractivity contribution in [3.05, 3.63) is 64.7 Å². The van der Waals surface area contributed by atoms with E-state index < -0.39 is 10.0 Å². The number of nitrogens with one attached hydrogen (secondary N) is 2. The van der Waals surface area contributed by atoms with E-state index in [1.165, 1.54) is 6.07 Å². The van der Waals surface area contributed by atoms with Gasteiger partial charge in [0.05, 0.1) is 10.9 Å². The van der Waals surface area contributed by atoms with Gasteiger partial charge in [0.1, 0.15) is 12.4 Å². The summed E-state index contributed by atoms with van der Waals surface area (Å²) in [6.45, 7) is 1.67. The van der Waals surface area contributed by atoms with Crippen molar-refractivity contribution >= 4 is 33.4 Å². The number of nitrogens with zero attached hydrogens (tertiary/aromatic N) is 1. The number of hydrogen-bond donors (Lipinski definition) is 2. The molecule has 0 bridgehead atoms. The number of carbonyl (C=O) groups is 1. The normalized spacial score (nSPS) is 17.6. The van der Waals surface area contributed by atoms with Gasteiger partial charge in [-0.2, -0.15) is 0 Å². The van der Waals surface area contributed by atoms with Crippen molar-refractivity contribution in [3.8, 4) is 0 Å². The molecule has 0 fully saturated rings. The average molecular weight is 378 g/mol. The second-order valence-corrected chi connectivity index (χ2v) is 7.69. The molecule has 2 N–H and O–H groups in total. The lowest BCUT2D eigenvalue weighted by molar-refractivity contribution is -0.120. The van der Waals surface area contributed by atoms with Gasteiger partial charge < -0.3 is 5.32 Å². The Morgan fingerprint density at radius 3 is 2.60 bits per heavy atom. The second-order valence-electron chi connectivity index (χ2n) is 5.61. The Balaban J connectivity index is 1.68. The maximum absolute atomic E-state index is 12.1. The predicted molar refractivity (Wildman–Crippen MR) is 96.2 cm³/mol. The van der Waals surface area contributed by atoms with Gasteiger partial charge >= 0.3 is 0 Å². The van der Waals surface area contributed by atoms with Crippen LogP contribution in [0.4, 0.5) is 0 Å². The molecule has 2 aromatic carbocycles. The SMILES string of the molecule is CC(NC(=O)CN=C1NS(=O)(=O)c2ccccc21)c1ccc(Cl)cc1. The van der Waals surface area contributed by atoms with Gasteiger partial charge in [0.25, 0.3) is 10.0 Å². The highest BCUT2D eigenvalue weighted by molar-refractivity contribution is 7.90. The van der Waals surface area contributed by atoms with Crippen molar-refractivity contribution < 1.29 is 13.2 Å². The molecule has 8 heteroatoms. The summed E-state index contributed by atoms with van der Waals surface area (Å²) in [6, 6.07) is 13.5. The highest BCUT2D eigenvalue weighted by atomic mass is 35.5. The van der Waals surface area contributed by atoms with Crippen LogP contribution >= 0.6 is 11.6 Å². The van der Waals surface area contributed by atoms with Crippen molar-refractivity contribution in [2.45, 2.75) is 17.9 Å². The van der Waals surface area contributed by atoms with E-state index in [1.807, 2.05) is 19.1 Å². The molecular weight excluding hydrogens is 362 g/mol. The van der Waals surface area contributed by atoms with E-state index in [0.29, 0.717) is 10.6 Å². The smallest absolute Gasteiger partial charge is 0.263 e. The topological polar surface area (TPSA) is 87.6 Å². The maximum atomic E-state index is 12.1. The van der Waals surface area contributed by atoms with Crippen molar-refractivity contribution in [1.29, 1.82) is 0 Å². The lowest BCUT2D eigenvalue weighted by atomic mass is 10.1. The number of halogens is 1. The molecule has 1 aliphatic rings. The summed E-state index contributed by atoms with van der Waals surface area (Å²) in [4.78, 5) is 16.4. The van der Waals surface area contributed by atoms with Crippen LogP contribution in [-0.4, -0.2) is 26.7 Å². The molecule has 25 heavy (non-hydrogen) atoms. The summed E-state index contributed by atoms with van der Waals surface area (Å²) < 4.78 is 26.4. The van der Waals surface area contributed by atoms with Crippen LogP contribution in [0.2, 0.25) is 5.02 Å². The third-order valence-corrected chi connectivity index (χ3v) is 5.44. The van der Waals surface area contributed by atoms with Gasteiger partial charge in [0.2, 0.25) is 5.91 Å². The molecule has 0 saturated carbocycles.